The Morgan fingerprint density at radius 3 is 2.69 bits per heavy atom. The molecule has 0 aliphatic carbocycles. The highest BCUT2D eigenvalue weighted by atomic mass is 35.5. The number of ether oxygens (including phenoxy) is 2. The Morgan fingerprint density at radius 2 is 2.04 bits per heavy atom. The van der Waals surface area contributed by atoms with E-state index in [4.69, 9.17) is 21.1 Å². The number of nitrogens with zero attached hydrogens (tertiary/aromatic N) is 1. The first-order valence-electron chi connectivity index (χ1n) is 8.12. The fourth-order valence-electron chi connectivity index (χ4n) is 2.27. The molecule has 134 valence electrons. The highest BCUT2D eigenvalue weighted by Crippen LogP contribution is 2.30. The summed E-state index contributed by atoms with van der Waals surface area (Å²) >= 11 is 5.79. The van der Waals surface area contributed by atoms with Crippen LogP contribution in [0.2, 0.25) is 5.02 Å². The van der Waals surface area contributed by atoms with E-state index in [1.807, 2.05) is 37.3 Å². The van der Waals surface area contributed by atoms with Crippen molar-refractivity contribution in [3.8, 4) is 17.4 Å². The van der Waals surface area contributed by atoms with Gasteiger partial charge in [0.25, 0.3) is 5.91 Å². The number of carbonyl (C=O) groups excluding carboxylic acids is 1. The van der Waals surface area contributed by atoms with Gasteiger partial charge in [-0.3, -0.25) is 4.79 Å². The second-order valence-corrected chi connectivity index (χ2v) is 5.84. The predicted octanol–water partition coefficient (Wildman–Crippen LogP) is 4.18. The molecule has 0 spiro atoms. The van der Waals surface area contributed by atoms with Gasteiger partial charge in [0, 0.05) is 25.0 Å². The van der Waals surface area contributed by atoms with Crippen LogP contribution in [0.1, 0.15) is 23.0 Å². The number of pyridine rings is 1. The molecule has 2 N–H and O–H groups in total. The number of aromatic amines is 1. The minimum Gasteiger partial charge on any atom is -0.490 e. The number of carbonyl (C=O) groups is 1. The Balaban J connectivity index is 1.59. The first-order valence-corrected chi connectivity index (χ1v) is 8.50. The molecule has 0 unspecified atom stereocenters. The topological polar surface area (TPSA) is 76.2 Å². The lowest BCUT2D eigenvalue weighted by Crippen LogP contribution is -2.23. The zero-order valence-corrected chi connectivity index (χ0v) is 14.9. The number of aromatic nitrogens is 2. The van der Waals surface area contributed by atoms with Crippen molar-refractivity contribution in [2.75, 3.05) is 6.61 Å². The van der Waals surface area contributed by atoms with Gasteiger partial charge in [-0.25, -0.2) is 4.98 Å². The maximum Gasteiger partial charge on any atom is 0.268 e. The van der Waals surface area contributed by atoms with E-state index in [0.717, 1.165) is 5.56 Å². The van der Waals surface area contributed by atoms with E-state index >= 15 is 0 Å². The molecular weight excluding hydrogens is 354 g/mol. The quantitative estimate of drug-likeness (QED) is 0.653. The highest BCUT2D eigenvalue weighted by Gasteiger charge is 2.09. The van der Waals surface area contributed by atoms with Crippen molar-refractivity contribution in [1.29, 1.82) is 0 Å². The Kier molecular flexibility index (Phi) is 5.76. The molecule has 0 saturated carbocycles. The van der Waals surface area contributed by atoms with Crippen LogP contribution in [0.15, 0.2) is 54.9 Å². The molecule has 0 aliphatic rings. The first-order chi connectivity index (χ1) is 12.7. The van der Waals surface area contributed by atoms with Gasteiger partial charge in [0.2, 0.25) is 5.88 Å². The summed E-state index contributed by atoms with van der Waals surface area (Å²) in [5, 5.41) is 3.29. The lowest BCUT2D eigenvalue weighted by molar-refractivity contribution is 0.0946. The van der Waals surface area contributed by atoms with E-state index in [1.165, 1.54) is 0 Å². The second-order valence-electron chi connectivity index (χ2n) is 5.40. The Labute approximate surface area is 156 Å². The van der Waals surface area contributed by atoms with Crippen LogP contribution in [0.25, 0.3) is 0 Å². The zero-order valence-electron chi connectivity index (χ0n) is 14.2. The van der Waals surface area contributed by atoms with Crippen molar-refractivity contribution in [2.24, 2.45) is 0 Å². The summed E-state index contributed by atoms with van der Waals surface area (Å²) in [4.78, 5) is 19.1. The van der Waals surface area contributed by atoms with Crippen LogP contribution in [0.5, 0.6) is 17.4 Å². The van der Waals surface area contributed by atoms with Gasteiger partial charge in [-0.2, -0.15) is 0 Å². The van der Waals surface area contributed by atoms with Gasteiger partial charge in [0.05, 0.1) is 11.6 Å². The number of rotatable bonds is 7. The van der Waals surface area contributed by atoms with Gasteiger partial charge in [-0.05, 0) is 30.7 Å². The van der Waals surface area contributed by atoms with Crippen LogP contribution in [0.3, 0.4) is 0 Å². The third kappa shape index (κ3) is 4.55. The number of amides is 1. The number of hydrogen-bond donors (Lipinski definition) is 2. The predicted molar refractivity (Wildman–Crippen MR) is 98.9 cm³/mol. The Bertz CT molecular complexity index is 878. The fraction of sp³-hybridized carbons (Fsp3) is 0.158. The lowest BCUT2D eigenvalue weighted by atomic mass is 10.2. The molecule has 6 nitrogen and oxygen atoms in total. The Morgan fingerprint density at radius 1 is 1.23 bits per heavy atom. The molecule has 7 heteroatoms. The third-order valence-corrected chi connectivity index (χ3v) is 3.72. The monoisotopic (exact) mass is 371 g/mol. The summed E-state index contributed by atoms with van der Waals surface area (Å²) in [6.07, 6.45) is 3.21. The smallest absolute Gasteiger partial charge is 0.268 e. The molecule has 3 rings (SSSR count). The van der Waals surface area contributed by atoms with Crippen molar-refractivity contribution in [3.63, 3.8) is 0 Å². The standard InChI is InChI=1S/C19H18ClN3O3/c1-2-25-16-5-3-4-6-17(16)26-18-8-7-13(10-22-18)11-23-19(24)15-9-14(20)12-21-15/h3-10,12,21H,2,11H2,1H3,(H,23,24). The number of hydrogen-bond acceptors (Lipinski definition) is 4. The van der Waals surface area contributed by atoms with Gasteiger partial charge >= 0.3 is 0 Å². The minimum absolute atomic E-state index is 0.233. The molecule has 3 aromatic rings. The van der Waals surface area contributed by atoms with Crippen molar-refractivity contribution < 1.29 is 14.3 Å². The summed E-state index contributed by atoms with van der Waals surface area (Å²) in [6, 6.07) is 12.6. The van der Waals surface area contributed by atoms with Gasteiger partial charge in [-0.1, -0.05) is 29.8 Å². The average molecular weight is 372 g/mol. The number of nitrogens with one attached hydrogen (secondary N) is 2. The van der Waals surface area contributed by atoms with Gasteiger partial charge in [0.15, 0.2) is 11.5 Å². The van der Waals surface area contributed by atoms with E-state index < -0.39 is 0 Å². The van der Waals surface area contributed by atoms with Crippen molar-refractivity contribution in [3.05, 3.63) is 71.1 Å². The minimum atomic E-state index is -0.233. The molecule has 0 fully saturated rings. The number of H-pyrrole nitrogens is 1. The summed E-state index contributed by atoms with van der Waals surface area (Å²) in [5.41, 5.74) is 1.26. The Hall–Kier alpha value is -2.99. The summed E-state index contributed by atoms with van der Waals surface area (Å²) in [5.74, 6) is 1.48. The molecule has 0 radical (unpaired) electrons. The van der Waals surface area contributed by atoms with Gasteiger partial charge in [-0.15, -0.1) is 0 Å². The SMILES string of the molecule is CCOc1ccccc1Oc1ccc(CNC(=O)c2cc(Cl)c[nH]2)cn1. The molecule has 2 aromatic heterocycles. The zero-order chi connectivity index (χ0) is 18.4. The van der Waals surface area contributed by atoms with E-state index in [9.17, 15) is 4.79 Å². The van der Waals surface area contributed by atoms with Gasteiger partial charge < -0.3 is 19.8 Å². The van der Waals surface area contributed by atoms with Crippen molar-refractivity contribution in [1.82, 2.24) is 15.3 Å². The van der Waals surface area contributed by atoms with Gasteiger partial charge in [0.1, 0.15) is 5.69 Å². The van der Waals surface area contributed by atoms with E-state index in [0.29, 0.717) is 41.2 Å². The normalized spacial score (nSPS) is 10.4. The molecule has 1 aromatic carbocycles. The second kappa shape index (κ2) is 8.40. The largest absolute Gasteiger partial charge is 0.490 e. The summed E-state index contributed by atoms with van der Waals surface area (Å²) in [7, 11) is 0. The van der Waals surface area contributed by atoms with E-state index in [-0.39, 0.29) is 5.91 Å². The van der Waals surface area contributed by atoms with Crippen LogP contribution in [-0.2, 0) is 6.54 Å². The average Bonchev–Trinajstić information content (AvgIpc) is 3.09. The molecule has 26 heavy (non-hydrogen) atoms. The number of halogens is 1. The number of para-hydroxylation sites is 2. The maximum atomic E-state index is 12.0. The molecule has 2 heterocycles. The van der Waals surface area contributed by atoms with Crippen molar-refractivity contribution in [2.45, 2.75) is 13.5 Å². The van der Waals surface area contributed by atoms with Crippen LogP contribution in [0, 0.1) is 0 Å². The fourth-order valence-corrected chi connectivity index (χ4v) is 2.44. The molecular formula is C19H18ClN3O3. The molecule has 0 bridgehead atoms. The number of benzene rings is 1. The highest BCUT2D eigenvalue weighted by molar-refractivity contribution is 6.30. The van der Waals surface area contributed by atoms with Crippen LogP contribution < -0.4 is 14.8 Å². The van der Waals surface area contributed by atoms with Crippen LogP contribution >= 0.6 is 11.6 Å². The van der Waals surface area contributed by atoms with E-state index in [1.54, 1.807) is 24.5 Å². The van der Waals surface area contributed by atoms with Crippen LogP contribution in [0.4, 0.5) is 0 Å². The van der Waals surface area contributed by atoms with Crippen molar-refractivity contribution >= 4 is 17.5 Å². The maximum absolute atomic E-state index is 12.0. The van der Waals surface area contributed by atoms with Crippen LogP contribution in [-0.4, -0.2) is 22.5 Å². The molecule has 1 amide bonds. The molecule has 0 aliphatic heterocycles. The summed E-state index contributed by atoms with van der Waals surface area (Å²) < 4.78 is 11.3. The van der Waals surface area contributed by atoms with E-state index in [2.05, 4.69) is 15.3 Å². The first kappa shape index (κ1) is 17.8. The molecule has 0 atom stereocenters. The summed E-state index contributed by atoms with van der Waals surface area (Å²) in [6.45, 7) is 2.82. The third-order valence-electron chi connectivity index (χ3n) is 3.51. The molecule has 0 saturated heterocycles. The lowest BCUT2D eigenvalue weighted by Gasteiger charge is -2.11.